The number of piperidine rings is 1. The fourth-order valence-electron chi connectivity index (χ4n) is 3.93. The molecular weight excluding hydrogens is 454 g/mol. The van der Waals surface area contributed by atoms with Crippen LogP contribution in [0.25, 0.3) is 0 Å². The van der Waals surface area contributed by atoms with Crippen LogP contribution < -0.4 is 10.6 Å². The van der Waals surface area contributed by atoms with E-state index in [2.05, 4.69) is 10.6 Å². The largest absolute Gasteiger partial charge is 0.467 e. The molecule has 1 unspecified atom stereocenters. The van der Waals surface area contributed by atoms with Gasteiger partial charge in [-0.2, -0.15) is 4.31 Å². The minimum absolute atomic E-state index is 0.0922. The Balaban J connectivity index is 1.43. The molecule has 1 aromatic heterocycles. The van der Waals surface area contributed by atoms with E-state index in [1.165, 1.54) is 10.6 Å². The number of rotatable bonds is 7. The van der Waals surface area contributed by atoms with E-state index in [1.54, 1.807) is 60.7 Å². The molecule has 1 aliphatic heterocycles. The van der Waals surface area contributed by atoms with Crippen LogP contribution >= 0.6 is 0 Å². The maximum absolute atomic E-state index is 13.1. The summed E-state index contributed by atoms with van der Waals surface area (Å²) in [6, 6.07) is 16.9. The summed E-state index contributed by atoms with van der Waals surface area (Å²) in [5.74, 6) is -0.560. The average molecular weight is 482 g/mol. The molecule has 0 spiro atoms. The normalized spacial score (nSPS) is 16.7. The van der Waals surface area contributed by atoms with E-state index in [0.717, 1.165) is 5.56 Å². The fraction of sp³-hybridized carbons (Fsp3) is 0.280. The number of aryl methyl sites for hydroxylation is 1. The quantitative estimate of drug-likeness (QED) is 0.536. The number of carbonyl (C=O) groups excluding carboxylic acids is 2. The van der Waals surface area contributed by atoms with Crippen molar-refractivity contribution in [2.75, 3.05) is 18.4 Å². The van der Waals surface area contributed by atoms with E-state index >= 15 is 0 Å². The first-order valence-electron chi connectivity index (χ1n) is 11.1. The van der Waals surface area contributed by atoms with Crippen LogP contribution in [0.15, 0.2) is 76.2 Å². The molecule has 2 aromatic carbocycles. The summed E-state index contributed by atoms with van der Waals surface area (Å²) in [5, 5.41) is 5.60. The zero-order valence-electron chi connectivity index (χ0n) is 18.9. The number of carbonyl (C=O) groups is 2. The second-order valence-corrected chi connectivity index (χ2v) is 10.3. The van der Waals surface area contributed by atoms with Gasteiger partial charge >= 0.3 is 0 Å². The summed E-state index contributed by atoms with van der Waals surface area (Å²) in [6.07, 6.45) is 2.68. The van der Waals surface area contributed by atoms with Crippen LogP contribution in [-0.2, 0) is 21.4 Å². The van der Waals surface area contributed by atoms with E-state index in [9.17, 15) is 18.0 Å². The molecule has 1 aliphatic rings. The van der Waals surface area contributed by atoms with Gasteiger partial charge in [0.25, 0.3) is 5.91 Å². The summed E-state index contributed by atoms with van der Waals surface area (Å²) < 4.78 is 32.7. The van der Waals surface area contributed by atoms with Gasteiger partial charge in [-0.3, -0.25) is 9.59 Å². The molecule has 0 bridgehead atoms. The molecule has 0 radical (unpaired) electrons. The molecule has 0 saturated carbocycles. The van der Waals surface area contributed by atoms with Gasteiger partial charge in [0, 0.05) is 13.1 Å². The molecule has 2 amide bonds. The Morgan fingerprint density at radius 1 is 1.06 bits per heavy atom. The first-order chi connectivity index (χ1) is 16.3. The highest BCUT2D eigenvalue weighted by Gasteiger charge is 2.33. The molecule has 4 rings (SSSR count). The van der Waals surface area contributed by atoms with Gasteiger partial charge in [0.05, 0.1) is 34.9 Å². The third-order valence-corrected chi connectivity index (χ3v) is 7.73. The van der Waals surface area contributed by atoms with Crippen LogP contribution in [0.4, 0.5) is 5.69 Å². The fourth-order valence-corrected chi connectivity index (χ4v) is 5.46. The number of nitrogens with zero attached hydrogens (tertiary/aromatic N) is 1. The Kier molecular flexibility index (Phi) is 7.14. The molecule has 9 heteroatoms. The molecule has 1 fully saturated rings. The SMILES string of the molecule is Cc1ccc(S(=O)(=O)N2CCCC(C(=O)Nc3ccccc3C(=O)NCc3ccco3)C2)cc1. The lowest BCUT2D eigenvalue weighted by molar-refractivity contribution is -0.120. The summed E-state index contributed by atoms with van der Waals surface area (Å²) >= 11 is 0. The van der Waals surface area contributed by atoms with Gasteiger partial charge in [-0.25, -0.2) is 8.42 Å². The third kappa shape index (κ3) is 5.37. The maximum Gasteiger partial charge on any atom is 0.253 e. The molecule has 2 heterocycles. The Labute approximate surface area is 199 Å². The van der Waals surface area contributed by atoms with Gasteiger partial charge in [-0.05, 0) is 56.2 Å². The minimum atomic E-state index is -3.69. The first kappa shape index (κ1) is 23.7. The number of nitrogens with one attached hydrogen (secondary N) is 2. The van der Waals surface area contributed by atoms with Crippen LogP contribution in [0, 0.1) is 12.8 Å². The highest BCUT2D eigenvalue weighted by molar-refractivity contribution is 7.89. The second-order valence-electron chi connectivity index (χ2n) is 8.31. The number of hydrogen-bond acceptors (Lipinski definition) is 5. The monoisotopic (exact) mass is 481 g/mol. The lowest BCUT2D eigenvalue weighted by Gasteiger charge is -2.31. The standard InChI is InChI=1S/C25H27N3O5S/c1-18-10-12-21(13-11-18)34(31,32)28-14-4-6-19(17-28)24(29)27-23-9-3-2-8-22(23)25(30)26-16-20-7-5-15-33-20/h2-3,5,7-13,15,19H,4,6,14,16-17H2,1H3,(H,26,30)(H,27,29). The maximum atomic E-state index is 13.1. The predicted octanol–water partition coefficient (Wildman–Crippen LogP) is 3.56. The number of furan rings is 1. The average Bonchev–Trinajstić information content (AvgIpc) is 3.37. The van der Waals surface area contributed by atoms with Crippen molar-refractivity contribution in [1.29, 1.82) is 0 Å². The Morgan fingerprint density at radius 3 is 2.56 bits per heavy atom. The van der Waals surface area contributed by atoms with Crippen LogP contribution in [0.2, 0.25) is 0 Å². The lowest BCUT2D eigenvalue weighted by Crippen LogP contribution is -2.43. The third-order valence-electron chi connectivity index (χ3n) is 5.85. The number of hydrogen-bond donors (Lipinski definition) is 2. The number of anilines is 1. The van der Waals surface area contributed by atoms with Crippen molar-refractivity contribution in [1.82, 2.24) is 9.62 Å². The van der Waals surface area contributed by atoms with Crippen LogP contribution in [-0.4, -0.2) is 37.6 Å². The smallest absolute Gasteiger partial charge is 0.253 e. The first-order valence-corrected chi connectivity index (χ1v) is 12.6. The van der Waals surface area contributed by atoms with Crippen molar-refractivity contribution in [2.24, 2.45) is 5.92 Å². The molecular formula is C25H27N3O5S. The molecule has 178 valence electrons. The summed E-state index contributed by atoms with van der Waals surface area (Å²) in [4.78, 5) is 26.0. The van der Waals surface area contributed by atoms with Crippen molar-refractivity contribution in [3.8, 4) is 0 Å². The van der Waals surface area contributed by atoms with Crippen LogP contribution in [0.5, 0.6) is 0 Å². The van der Waals surface area contributed by atoms with Crippen molar-refractivity contribution in [3.05, 3.63) is 83.8 Å². The van der Waals surface area contributed by atoms with E-state index in [1.807, 2.05) is 6.92 Å². The summed E-state index contributed by atoms with van der Waals surface area (Å²) in [5.41, 5.74) is 1.67. The lowest BCUT2D eigenvalue weighted by atomic mass is 9.98. The van der Waals surface area contributed by atoms with E-state index in [0.29, 0.717) is 36.4 Å². The highest BCUT2D eigenvalue weighted by atomic mass is 32.2. The van der Waals surface area contributed by atoms with Crippen molar-refractivity contribution >= 4 is 27.5 Å². The van der Waals surface area contributed by atoms with Crippen LogP contribution in [0.1, 0.15) is 34.5 Å². The van der Waals surface area contributed by atoms with Crippen molar-refractivity contribution in [3.63, 3.8) is 0 Å². The Morgan fingerprint density at radius 2 is 1.82 bits per heavy atom. The van der Waals surface area contributed by atoms with Gasteiger partial charge in [0.1, 0.15) is 5.76 Å². The number of sulfonamides is 1. The van der Waals surface area contributed by atoms with Gasteiger partial charge in [-0.1, -0.05) is 29.8 Å². The second kappa shape index (κ2) is 10.2. The predicted molar refractivity (Wildman–Crippen MR) is 128 cm³/mol. The molecule has 0 aliphatic carbocycles. The zero-order valence-corrected chi connectivity index (χ0v) is 19.7. The van der Waals surface area contributed by atoms with Crippen LogP contribution in [0.3, 0.4) is 0 Å². The van der Waals surface area contributed by atoms with Crippen molar-refractivity contribution in [2.45, 2.75) is 31.2 Å². The Bertz CT molecular complexity index is 1250. The summed E-state index contributed by atoms with van der Waals surface area (Å²) in [7, 11) is -3.69. The van der Waals surface area contributed by atoms with E-state index < -0.39 is 15.9 Å². The van der Waals surface area contributed by atoms with E-state index in [4.69, 9.17) is 4.42 Å². The minimum Gasteiger partial charge on any atom is -0.467 e. The number of para-hydroxylation sites is 1. The summed E-state index contributed by atoms with van der Waals surface area (Å²) in [6.45, 7) is 2.58. The zero-order chi connectivity index (χ0) is 24.1. The Hall–Kier alpha value is -3.43. The number of benzene rings is 2. The highest BCUT2D eigenvalue weighted by Crippen LogP contribution is 2.26. The van der Waals surface area contributed by atoms with Gasteiger partial charge < -0.3 is 15.1 Å². The molecule has 1 atom stereocenters. The van der Waals surface area contributed by atoms with Crippen molar-refractivity contribution < 1.29 is 22.4 Å². The topological polar surface area (TPSA) is 109 Å². The molecule has 34 heavy (non-hydrogen) atoms. The molecule has 1 saturated heterocycles. The van der Waals surface area contributed by atoms with Gasteiger partial charge in [0.2, 0.25) is 15.9 Å². The number of amides is 2. The van der Waals surface area contributed by atoms with Gasteiger partial charge in [0.15, 0.2) is 0 Å². The van der Waals surface area contributed by atoms with E-state index in [-0.39, 0.29) is 29.8 Å². The molecule has 3 aromatic rings. The van der Waals surface area contributed by atoms with Gasteiger partial charge in [-0.15, -0.1) is 0 Å². The molecule has 2 N–H and O–H groups in total. The molecule has 8 nitrogen and oxygen atoms in total.